The van der Waals surface area contributed by atoms with Gasteiger partial charge in [0.2, 0.25) is 0 Å². The molecule has 0 bridgehead atoms. The number of hydrogen-bond donors (Lipinski definition) is 0. The molecule has 0 aliphatic carbocycles. The van der Waals surface area contributed by atoms with E-state index in [1.165, 1.54) is 0 Å². The fourth-order valence-electron chi connectivity index (χ4n) is 5.82. The molecule has 0 amide bonds. The van der Waals surface area contributed by atoms with E-state index in [4.69, 9.17) is 14.9 Å². The Morgan fingerprint density at radius 1 is 0.468 bits per heavy atom. The van der Waals surface area contributed by atoms with Gasteiger partial charge in [0.25, 0.3) is 0 Å². The van der Waals surface area contributed by atoms with Crippen molar-refractivity contribution in [3.8, 4) is 39.7 Å². The van der Waals surface area contributed by atoms with Crippen molar-refractivity contribution in [2.24, 2.45) is 5.10 Å². The Kier molecular flexibility index (Phi) is 7.50. The van der Waals surface area contributed by atoms with E-state index < -0.39 is 0 Å². The Labute approximate surface area is 274 Å². The van der Waals surface area contributed by atoms with Crippen LogP contribution in [0, 0.1) is 0 Å². The fraction of sp³-hybridized carbons (Fsp3) is 0.0244. The molecule has 226 valence electrons. The van der Waals surface area contributed by atoms with Gasteiger partial charge in [0.1, 0.15) is 18.2 Å². The van der Waals surface area contributed by atoms with Crippen molar-refractivity contribution in [1.29, 1.82) is 0 Å². The zero-order valence-corrected chi connectivity index (χ0v) is 25.6. The van der Waals surface area contributed by atoms with E-state index in [0.29, 0.717) is 6.67 Å². The van der Waals surface area contributed by atoms with Crippen LogP contribution in [0.2, 0.25) is 0 Å². The molecule has 0 fully saturated rings. The maximum absolute atomic E-state index is 6.45. The van der Waals surface area contributed by atoms with Gasteiger partial charge >= 0.3 is 0 Å². The largest absolute Gasteiger partial charge is 0.457 e. The summed E-state index contributed by atoms with van der Waals surface area (Å²) < 4.78 is 8.45. The summed E-state index contributed by atoms with van der Waals surface area (Å²) in [6.07, 6.45) is 0. The molecule has 0 radical (unpaired) electrons. The second kappa shape index (κ2) is 12.5. The lowest BCUT2D eigenvalue weighted by Crippen LogP contribution is -2.31. The van der Waals surface area contributed by atoms with Gasteiger partial charge in [0.05, 0.1) is 22.8 Å². The molecule has 0 spiro atoms. The molecule has 2 heterocycles. The van der Waals surface area contributed by atoms with Crippen molar-refractivity contribution < 1.29 is 4.74 Å². The predicted octanol–water partition coefficient (Wildman–Crippen LogP) is 9.64. The molecule has 7 aromatic rings. The van der Waals surface area contributed by atoms with E-state index in [0.717, 1.165) is 62.5 Å². The molecule has 0 unspecified atom stereocenters. The average Bonchev–Trinajstić information content (AvgIpc) is 3.80. The highest BCUT2D eigenvalue weighted by molar-refractivity contribution is 6.12. The van der Waals surface area contributed by atoms with Gasteiger partial charge in [-0.1, -0.05) is 115 Å². The third-order valence-corrected chi connectivity index (χ3v) is 8.11. The van der Waals surface area contributed by atoms with Gasteiger partial charge in [-0.15, -0.1) is 0 Å². The van der Waals surface area contributed by atoms with Crippen LogP contribution in [-0.4, -0.2) is 22.3 Å². The van der Waals surface area contributed by atoms with Gasteiger partial charge in [0.15, 0.2) is 5.84 Å². The van der Waals surface area contributed by atoms with Crippen LogP contribution in [0.3, 0.4) is 0 Å². The molecule has 0 N–H and O–H groups in total. The van der Waals surface area contributed by atoms with Crippen molar-refractivity contribution in [3.05, 3.63) is 181 Å². The van der Waals surface area contributed by atoms with Gasteiger partial charge in [-0.2, -0.15) is 10.2 Å². The Morgan fingerprint density at radius 3 is 1.72 bits per heavy atom. The van der Waals surface area contributed by atoms with Crippen LogP contribution in [0.1, 0.15) is 5.56 Å². The third-order valence-electron chi connectivity index (χ3n) is 8.11. The molecule has 1 aliphatic heterocycles. The zero-order chi connectivity index (χ0) is 31.4. The monoisotopic (exact) mass is 609 g/mol. The van der Waals surface area contributed by atoms with Crippen molar-refractivity contribution in [3.63, 3.8) is 0 Å². The van der Waals surface area contributed by atoms with Crippen LogP contribution in [0.15, 0.2) is 181 Å². The van der Waals surface area contributed by atoms with Crippen LogP contribution in [-0.2, 0) is 0 Å². The highest BCUT2D eigenvalue weighted by atomic mass is 16.5. The normalized spacial score (nSPS) is 12.6. The molecule has 0 atom stereocenters. The fourth-order valence-corrected chi connectivity index (χ4v) is 5.82. The average molecular weight is 610 g/mol. The summed E-state index contributed by atoms with van der Waals surface area (Å²) in [6, 6.07) is 59.5. The Morgan fingerprint density at radius 2 is 1.02 bits per heavy atom. The highest BCUT2D eigenvalue weighted by Gasteiger charge is 2.26. The lowest BCUT2D eigenvalue weighted by atomic mass is 10.1. The lowest BCUT2D eigenvalue weighted by molar-refractivity contribution is 0.483. The van der Waals surface area contributed by atoms with E-state index in [1.54, 1.807) is 0 Å². The number of benzene rings is 6. The zero-order valence-electron chi connectivity index (χ0n) is 25.6. The van der Waals surface area contributed by atoms with Gasteiger partial charge < -0.3 is 9.64 Å². The number of rotatable bonds is 8. The number of para-hydroxylation sites is 2. The Balaban J connectivity index is 1.08. The Bertz CT molecular complexity index is 2090. The molecule has 6 heteroatoms. The van der Waals surface area contributed by atoms with Gasteiger partial charge in [-0.05, 0) is 54.6 Å². The van der Waals surface area contributed by atoms with E-state index in [2.05, 4.69) is 95.9 Å². The molecule has 6 nitrogen and oxygen atoms in total. The van der Waals surface area contributed by atoms with Gasteiger partial charge in [-0.3, -0.25) is 0 Å². The maximum atomic E-state index is 6.45. The quantitative estimate of drug-likeness (QED) is 0.172. The molecule has 0 saturated heterocycles. The lowest BCUT2D eigenvalue weighted by Gasteiger charge is -2.22. The summed E-state index contributed by atoms with van der Waals surface area (Å²) >= 11 is 0. The molecule has 8 rings (SSSR count). The smallest absolute Gasteiger partial charge is 0.162 e. The number of hydrazone groups is 1. The maximum Gasteiger partial charge on any atom is 0.162 e. The Hall–Kier alpha value is -6.40. The van der Waals surface area contributed by atoms with Crippen molar-refractivity contribution in [2.75, 3.05) is 16.6 Å². The first-order chi connectivity index (χ1) is 23.3. The summed E-state index contributed by atoms with van der Waals surface area (Å²) in [6.45, 7) is 0.584. The highest BCUT2D eigenvalue weighted by Crippen LogP contribution is 2.34. The summed E-state index contributed by atoms with van der Waals surface area (Å²) in [5, 5.41) is 12.1. The van der Waals surface area contributed by atoms with Crippen LogP contribution >= 0.6 is 0 Å². The molecule has 6 aromatic carbocycles. The van der Waals surface area contributed by atoms with Crippen LogP contribution in [0.5, 0.6) is 11.5 Å². The summed E-state index contributed by atoms with van der Waals surface area (Å²) in [4.78, 5) is 2.23. The number of nitrogens with zero attached hydrogens (tertiary/aromatic N) is 5. The van der Waals surface area contributed by atoms with Gasteiger partial charge in [-0.25, -0.2) is 9.69 Å². The van der Waals surface area contributed by atoms with Crippen molar-refractivity contribution in [1.82, 2.24) is 9.78 Å². The van der Waals surface area contributed by atoms with E-state index in [9.17, 15) is 0 Å². The SMILES string of the molecule is c1ccc(C2=NN(c3cccc(Oc4cccc(-c5cc(-c6ccccc6)n(-c6ccccc6)n5)c4)c3)CN2c2ccccc2)cc1. The van der Waals surface area contributed by atoms with Crippen LogP contribution in [0.4, 0.5) is 11.4 Å². The molecular formula is C41H31N5O. The summed E-state index contributed by atoms with van der Waals surface area (Å²) in [7, 11) is 0. The van der Waals surface area contributed by atoms with E-state index >= 15 is 0 Å². The molecule has 1 aliphatic rings. The minimum Gasteiger partial charge on any atom is -0.457 e. The third kappa shape index (κ3) is 5.88. The minimum absolute atomic E-state index is 0.584. The molecular weight excluding hydrogens is 578 g/mol. The summed E-state index contributed by atoms with van der Waals surface area (Å²) in [5.41, 5.74) is 8.07. The predicted molar refractivity (Wildman–Crippen MR) is 190 cm³/mol. The van der Waals surface area contributed by atoms with Crippen molar-refractivity contribution in [2.45, 2.75) is 0 Å². The number of aromatic nitrogens is 2. The molecule has 47 heavy (non-hydrogen) atoms. The molecule has 0 saturated carbocycles. The first-order valence-electron chi connectivity index (χ1n) is 15.6. The number of hydrogen-bond acceptors (Lipinski definition) is 5. The van der Waals surface area contributed by atoms with Crippen molar-refractivity contribution >= 4 is 17.2 Å². The number of anilines is 2. The van der Waals surface area contributed by atoms with E-state index in [-0.39, 0.29) is 0 Å². The first-order valence-corrected chi connectivity index (χ1v) is 15.6. The summed E-state index contributed by atoms with van der Waals surface area (Å²) in [5.74, 6) is 2.37. The topological polar surface area (TPSA) is 45.9 Å². The number of ether oxygens (including phenoxy) is 1. The second-order valence-corrected chi connectivity index (χ2v) is 11.2. The van der Waals surface area contributed by atoms with Gasteiger partial charge in [0, 0.05) is 28.4 Å². The van der Waals surface area contributed by atoms with Crippen LogP contribution in [0.25, 0.3) is 28.2 Å². The van der Waals surface area contributed by atoms with Crippen LogP contribution < -0.4 is 14.6 Å². The first kappa shape index (κ1) is 28.1. The molecule has 1 aromatic heterocycles. The number of amidine groups is 1. The standard InChI is InChI=1S/C41H31N5O/c1-5-15-31(16-6-1)40-29-39(42-46(40)35-22-11-4-12-23-35)33-19-13-25-37(27-33)47-38-26-14-24-36(28-38)45-30-44(34-20-9-3-10-21-34)41(43-45)32-17-7-2-8-18-32/h1-29H,30H2. The second-order valence-electron chi connectivity index (χ2n) is 11.2. The van der Waals surface area contributed by atoms with E-state index in [1.807, 2.05) is 94.6 Å². The minimum atomic E-state index is 0.584.